The van der Waals surface area contributed by atoms with Crippen LogP contribution in [0, 0.1) is 0 Å². The lowest BCUT2D eigenvalue weighted by Crippen LogP contribution is -2.31. The SMILES string of the molecule is C[Si](C)(CCCO)C(Br)c1ccccc1. The molecule has 3 heteroatoms. The number of aliphatic hydroxyl groups is 1. The van der Waals surface area contributed by atoms with E-state index in [-0.39, 0.29) is 0 Å². The minimum atomic E-state index is -1.31. The Hall–Kier alpha value is -0.123. The summed E-state index contributed by atoms with van der Waals surface area (Å²) in [6, 6.07) is 11.7. The topological polar surface area (TPSA) is 20.2 Å². The minimum Gasteiger partial charge on any atom is -0.396 e. The summed E-state index contributed by atoms with van der Waals surface area (Å²) in [6.07, 6.45) is 0.925. The summed E-state index contributed by atoms with van der Waals surface area (Å²) in [6.45, 7) is 5.05. The fourth-order valence-electron chi connectivity index (χ4n) is 1.73. The highest BCUT2D eigenvalue weighted by molar-refractivity contribution is 9.09. The van der Waals surface area contributed by atoms with Crippen LogP contribution in [-0.2, 0) is 0 Å². The Bertz CT molecular complexity index is 287. The molecule has 1 aromatic rings. The zero-order valence-electron chi connectivity index (χ0n) is 9.41. The fraction of sp³-hybridized carbons (Fsp3) is 0.500. The van der Waals surface area contributed by atoms with Crippen LogP contribution in [0.2, 0.25) is 19.1 Å². The number of halogens is 1. The van der Waals surface area contributed by atoms with E-state index >= 15 is 0 Å². The van der Waals surface area contributed by atoms with Gasteiger partial charge in [0.15, 0.2) is 0 Å². The van der Waals surface area contributed by atoms with E-state index in [2.05, 4.69) is 53.3 Å². The Morgan fingerprint density at radius 2 is 1.87 bits per heavy atom. The number of hydrogen-bond acceptors (Lipinski definition) is 1. The van der Waals surface area contributed by atoms with Gasteiger partial charge in [-0.1, -0.05) is 65.4 Å². The average molecular weight is 287 g/mol. The molecule has 0 saturated carbocycles. The predicted molar refractivity (Wildman–Crippen MR) is 72.1 cm³/mol. The van der Waals surface area contributed by atoms with Crippen molar-refractivity contribution in [2.45, 2.75) is 30.0 Å². The maximum Gasteiger partial charge on any atom is 0.0682 e. The van der Waals surface area contributed by atoms with E-state index in [0.29, 0.717) is 11.1 Å². The van der Waals surface area contributed by atoms with Gasteiger partial charge in [-0.3, -0.25) is 0 Å². The van der Waals surface area contributed by atoms with Gasteiger partial charge in [-0.05, 0) is 12.0 Å². The fourth-order valence-corrected chi connectivity index (χ4v) is 5.14. The molecule has 1 atom stereocenters. The summed E-state index contributed by atoms with van der Waals surface area (Å²) in [5.41, 5.74) is 1.37. The molecule has 84 valence electrons. The zero-order chi connectivity index (χ0) is 11.3. The molecule has 1 aromatic carbocycles. The van der Waals surface area contributed by atoms with Crippen molar-refractivity contribution in [1.29, 1.82) is 0 Å². The van der Waals surface area contributed by atoms with Crippen LogP contribution in [0.5, 0.6) is 0 Å². The zero-order valence-corrected chi connectivity index (χ0v) is 12.0. The molecule has 1 N–H and O–H groups in total. The van der Waals surface area contributed by atoms with E-state index in [1.165, 1.54) is 5.56 Å². The Morgan fingerprint density at radius 1 is 1.27 bits per heavy atom. The lowest BCUT2D eigenvalue weighted by atomic mass is 10.2. The van der Waals surface area contributed by atoms with Gasteiger partial charge in [0, 0.05) is 11.1 Å². The average Bonchev–Trinajstić information content (AvgIpc) is 2.26. The van der Waals surface area contributed by atoms with E-state index in [9.17, 15) is 0 Å². The largest absolute Gasteiger partial charge is 0.396 e. The first kappa shape index (κ1) is 12.9. The molecular weight excluding hydrogens is 268 g/mol. The lowest BCUT2D eigenvalue weighted by molar-refractivity contribution is 0.294. The second-order valence-corrected chi connectivity index (χ2v) is 11.4. The van der Waals surface area contributed by atoms with Crippen LogP contribution in [0.25, 0.3) is 0 Å². The third-order valence-corrected chi connectivity index (χ3v) is 10.4. The smallest absolute Gasteiger partial charge is 0.0682 e. The van der Waals surface area contributed by atoms with Crippen molar-refractivity contribution in [3.8, 4) is 0 Å². The molecular formula is C12H19BrOSi. The molecule has 1 unspecified atom stereocenters. The van der Waals surface area contributed by atoms with E-state index in [1.54, 1.807) is 0 Å². The van der Waals surface area contributed by atoms with Gasteiger partial charge in [-0.2, -0.15) is 0 Å². The molecule has 0 aliphatic rings. The Balaban J connectivity index is 2.70. The van der Waals surface area contributed by atoms with Crippen molar-refractivity contribution < 1.29 is 5.11 Å². The number of alkyl halides is 1. The summed E-state index contributed by atoms with van der Waals surface area (Å²) >= 11 is 3.82. The van der Waals surface area contributed by atoms with Crippen LogP contribution in [-0.4, -0.2) is 19.8 Å². The number of hydrogen-bond donors (Lipinski definition) is 1. The van der Waals surface area contributed by atoms with Crippen LogP contribution in [0.3, 0.4) is 0 Å². The molecule has 0 aromatic heterocycles. The summed E-state index contributed by atoms with van der Waals surface area (Å²) in [5, 5.41) is 8.89. The van der Waals surface area contributed by atoms with Crippen LogP contribution >= 0.6 is 15.9 Å². The monoisotopic (exact) mass is 286 g/mol. The van der Waals surface area contributed by atoms with Gasteiger partial charge in [0.1, 0.15) is 0 Å². The molecule has 0 radical (unpaired) electrons. The van der Waals surface area contributed by atoms with E-state index < -0.39 is 8.07 Å². The van der Waals surface area contributed by atoms with Gasteiger partial charge in [-0.25, -0.2) is 0 Å². The van der Waals surface area contributed by atoms with Gasteiger partial charge in [0.2, 0.25) is 0 Å². The molecule has 0 spiro atoms. The Morgan fingerprint density at radius 3 is 2.40 bits per heavy atom. The van der Waals surface area contributed by atoms with Crippen LogP contribution in [0.1, 0.15) is 16.4 Å². The Kier molecular flexibility index (Phi) is 5.03. The van der Waals surface area contributed by atoms with Crippen molar-refractivity contribution in [3.63, 3.8) is 0 Å². The second-order valence-electron chi connectivity index (χ2n) is 4.59. The third-order valence-electron chi connectivity index (χ3n) is 2.76. The highest BCUT2D eigenvalue weighted by Crippen LogP contribution is 2.35. The highest BCUT2D eigenvalue weighted by atomic mass is 79.9. The summed E-state index contributed by atoms with van der Waals surface area (Å²) < 4.78 is 0.484. The van der Waals surface area contributed by atoms with Crippen molar-refractivity contribution in [2.24, 2.45) is 0 Å². The van der Waals surface area contributed by atoms with Gasteiger partial charge in [0.25, 0.3) is 0 Å². The molecule has 1 nitrogen and oxygen atoms in total. The number of aliphatic hydroxyl groups excluding tert-OH is 1. The summed E-state index contributed by atoms with van der Waals surface area (Å²) in [5.74, 6) is 0. The van der Waals surface area contributed by atoms with Crippen molar-refractivity contribution >= 4 is 24.0 Å². The van der Waals surface area contributed by atoms with Crippen molar-refractivity contribution in [1.82, 2.24) is 0 Å². The maximum atomic E-state index is 8.89. The molecule has 0 bridgehead atoms. The van der Waals surface area contributed by atoms with Crippen molar-refractivity contribution in [2.75, 3.05) is 6.61 Å². The second kappa shape index (κ2) is 5.82. The molecule has 1 rings (SSSR count). The van der Waals surface area contributed by atoms with Crippen LogP contribution < -0.4 is 0 Å². The third kappa shape index (κ3) is 3.74. The van der Waals surface area contributed by atoms with E-state index in [4.69, 9.17) is 5.11 Å². The predicted octanol–water partition coefficient (Wildman–Crippen LogP) is 3.75. The van der Waals surface area contributed by atoms with E-state index in [1.807, 2.05) is 6.07 Å². The van der Waals surface area contributed by atoms with Gasteiger partial charge in [0.05, 0.1) is 8.07 Å². The van der Waals surface area contributed by atoms with Crippen LogP contribution in [0.15, 0.2) is 30.3 Å². The molecule has 0 heterocycles. The maximum absolute atomic E-state index is 8.89. The number of rotatable bonds is 5. The molecule has 0 amide bonds. The summed E-state index contributed by atoms with van der Waals surface area (Å²) in [4.78, 5) is 0. The highest BCUT2D eigenvalue weighted by Gasteiger charge is 2.30. The van der Waals surface area contributed by atoms with Crippen LogP contribution in [0.4, 0.5) is 0 Å². The minimum absolute atomic E-state index is 0.310. The quantitative estimate of drug-likeness (QED) is 0.646. The Labute approximate surface area is 102 Å². The first-order valence-electron chi connectivity index (χ1n) is 5.38. The molecule has 0 saturated heterocycles. The van der Waals surface area contributed by atoms with Gasteiger partial charge in [-0.15, -0.1) is 0 Å². The number of benzene rings is 1. The molecule has 0 aliphatic heterocycles. The summed E-state index contributed by atoms with van der Waals surface area (Å²) in [7, 11) is -1.31. The normalized spacial score (nSPS) is 13.9. The molecule has 0 fully saturated rings. The first-order chi connectivity index (χ1) is 7.08. The molecule has 0 aliphatic carbocycles. The van der Waals surface area contributed by atoms with Gasteiger partial charge >= 0.3 is 0 Å². The molecule has 15 heavy (non-hydrogen) atoms. The first-order valence-corrected chi connectivity index (χ1v) is 9.58. The van der Waals surface area contributed by atoms with Crippen molar-refractivity contribution in [3.05, 3.63) is 35.9 Å². The lowest BCUT2D eigenvalue weighted by Gasteiger charge is -2.28. The van der Waals surface area contributed by atoms with E-state index in [0.717, 1.165) is 12.5 Å². The van der Waals surface area contributed by atoms with Gasteiger partial charge < -0.3 is 5.11 Å². The standard InChI is InChI=1S/C12H19BrOSi/c1-15(2,10-6-9-14)12(13)11-7-4-3-5-8-11/h3-5,7-8,12,14H,6,9-10H2,1-2H3.